The number of imidazole rings is 1. The van der Waals surface area contributed by atoms with E-state index < -0.39 is 23.4 Å². The van der Waals surface area contributed by atoms with Gasteiger partial charge in [0.05, 0.1) is 53.2 Å². The Morgan fingerprint density at radius 3 is 2.51 bits per heavy atom. The highest BCUT2D eigenvalue weighted by atomic mass is 19.1. The molecule has 0 amide bonds. The molecule has 0 saturated carbocycles. The predicted molar refractivity (Wildman–Crippen MR) is 158 cm³/mol. The van der Waals surface area contributed by atoms with E-state index in [9.17, 15) is 14.3 Å². The van der Waals surface area contributed by atoms with Gasteiger partial charge < -0.3 is 19.1 Å². The lowest BCUT2D eigenvalue weighted by molar-refractivity contribution is 0.0697. The number of aromatic nitrogens is 3. The van der Waals surface area contributed by atoms with Gasteiger partial charge in [0.1, 0.15) is 29.9 Å². The summed E-state index contributed by atoms with van der Waals surface area (Å²) in [5, 5.41) is 18.5. The summed E-state index contributed by atoms with van der Waals surface area (Å²) in [6.45, 7) is 4.68. The fraction of sp³-hybridized carbons (Fsp3) is 0.235. The van der Waals surface area contributed by atoms with Gasteiger partial charge in [-0.2, -0.15) is 5.26 Å². The second-order valence-electron chi connectivity index (χ2n) is 11.6. The van der Waals surface area contributed by atoms with Gasteiger partial charge in [0.25, 0.3) is 0 Å². The number of nitrogens with zero attached hydrogens (tertiary/aromatic N) is 4. The molecule has 3 heterocycles. The molecular weight excluding hydrogens is 585 g/mol. The number of carbonyl (C=O) groups is 1. The number of nitriles is 1. The lowest BCUT2D eigenvalue weighted by Gasteiger charge is -2.28. The van der Waals surface area contributed by atoms with E-state index in [1.807, 2.05) is 24.5 Å². The van der Waals surface area contributed by atoms with Crippen LogP contribution >= 0.6 is 0 Å². The summed E-state index contributed by atoms with van der Waals surface area (Å²) in [5.74, 6) is -2.79. The molecule has 0 aliphatic carbocycles. The van der Waals surface area contributed by atoms with Gasteiger partial charge in [-0.3, -0.25) is 0 Å². The number of carboxylic acids is 1. The summed E-state index contributed by atoms with van der Waals surface area (Å²) in [4.78, 5) is 20.7. The summed E-state index contributed by atoms with van der Waals surface area (Å²) >= 11 is 0. The van der Waals surface area contributed by atoms with E-state index >= 15 is 8.78 Å². The van der Waals surface area contributed by atoms with Crippen LogP contribution in [0, 0.1) is 34.2 Å². The molecule has 2 aromatic heterocycles. The van der Waals surface area contributed by atoms with E-state index in [1.54, 1.807) is 24.3 Å². The van der Waals surface area contributed by atoms with Crippen molar-refractivity contribution in [3.8, 4) is 23.2 Å². The Hall–Kier alpha value is -5.21. The standard InChI is InChI=1S/C34H27F3N4O4/c1-34(2)18-44-17-30(34)41-29-13-20(33(42)43)8-9-28(29)39-31(41)14-23-25(36)11-22(12-26(23)37)27-4-3-5-32(40-27)45-16-21-7-6-19(15-38)10-24(21)35/h3-13,30H,14,16-18H2,1-2H3,(H,42,43). The van der Waals surface area contributed by atoms with Crippen molar-refractivity contribution in [2.45, 2.75) is 32.9 Å². The maximum absolute atomic E-state index is 15.6. The SMILES string of the molecule is CC1(C)COCC1n1c(Cc2c(F)cc(-c3cccc(OCc4ccc(C#N)cc4F)n3)cc2F)nc2ccc(C(=O)O)cc21. The average molecular weight is 613 g/mol. The van der Waals surface area contributed by atoms with Gasteiger partial charge in [0.2, 0.25) is 5.88 Å². The first-order valence-corrected chi connectivity index (χ1v) is 14.1. The molecule has 5 aromatic rings. The summed E-state index contributed by atoms with van der Waals surface area (Å²) in [5.41, 5.74) is 1.43. The van der Waals surface area contributed by atoms with Gasteiger partial charge in [-0.25, -0.2) is 27.9 Å². The number of ether oxygens (including phenoxy) is 2. The summed E-state index contributed by atoms with van der Waals surface area (Å²) in [6, 6.07) is 17.3. The van der Waals surface area contributed by atoms with Crippen LogP contribution in [0.1, 0.15) is 52.8 Å². The Balaban J connectivity index is 1.30. The minimum Gasteiger partial charge on any atom is -0.478 e. The molecule has 0 radical (unpaired) electrons. The van der Waals surface area contributed by atoms with E-state index in [0.717, 1.165) is 6.07 Å². The molecule has 3 aromatic carbocycles. The van der Waals surface area contributed by atoms with Gasteiger partial charge in [0.15, 0.2) is 0 Å². The van der Waals surface area contributed by atoms with Crippen LogP contribution < -0.4 is 4.74 Å². The van der Waals surface area contributed by atoms with E-state index in [1.165, 1.54) is 36.4 Å². The van der Waals surface area contributed by atoms with Crippen LogP contribution in [0.5, 0.6) is 5.88 Å². The quantitative estimate of drug-likeness (QED) is 0.204. The zero-order chi connectivity index (χ0) is 31.9. The summed E-state index contributed by atoms with van der Waals surface area (Å²) in [6.07, 6.45) is -0.186. The first-order chi connectivity index (χ1) is 21.5. The molecule has 1 saturated heterocycles. The van der Waals surface area contributed by atoms with Crippen LogP contribution in [0.15, 0.2) is 66.7 Å². The van der Waals surface area contributed by atoms with Gasteiger partial charge >= 0.3 is 5.97 Å². The fourth-order valence-corrected chi connectivity index (χ4v) is 5.55. The number of aromatic carboxylic acids is 1. The Morgan fingerprint density at radius 1 is 1.07 bits per heavy atom. The van der Waals surface area contributed by atoms with E-state index in [0.29, 0.717) is 30.1 Å². The smallest absolute Gasteiger partial charge is 0.335 e. The van der Waals surface area contributed by atoms with Crippen molar-refractivity contribution >= 4 is 17.0 Å². The highest BCUT2D eigenvalue weighted by Gasteiger charge is 2.39. The molecule has 11 heteroatoms. The molecule has 1 fully saturated rings. The zero-order valence-corrected chi connectivity index (χ0v) is 24.4. The topological polar surface area (TPSA) is 110 Å². The molecule has 0 spiro atoms. The third-order valence-corrected chi connectivity index (χ3v) is 8.03. The Morgan fingerprint density at radius 2 is 1.84 bits per heavy atom. The largest absolute Gasteiger partial charge is 0.478 e. The number of rotatable bonds is 8. The minimum absolute atomic E-state index is 0.0781. The van der Waals surface area contributed by atoms with E-state index in [2.05, 4.69) is 9.97 Å². The molecule has 1 aliphatic heterocycles. The number of pyridine rings is 1. The molecule has 228 valence electrons. The van der Waals surface area contributed by atoms with Crippen molar-refractivity contribution in [1.82, 2.24) is 14.5 Å². The number of fused-ring (bicyclic) bond motifs is 1. The lowest BCUT2D eigenvalue weighted by Crippen LogP contribution is -2.27. The van der Waals surface area contributed by atoms with E-state index in [-0.39, 0.29) is 63.9 Å². The highest BCUT2D eigenvalue weighted by molar-refractivity contribution is 5.92. The van der Waals surface area contributed by atoms with Crippen molar-refractivity contribution in [3.63, 3.8) is 0 Å². The van der Waals surface area contributed by atoms with Crippen molar-refractivity contribution < 1.29 is 32.5 Å². The van der Waals surface area contributed by atoms with Crippen molar-refractivity contribution in [1.29, 1.82) is 5.26 Å². The third-order valence-electron chi connectivity index (χ3n) is 8.03. The van der Waals surface area contributed by atoms with Gasteiger partial charge in [0, 0.05) is 34.6 Å². The molecule has 1 aliphatic rings. The molecule has 45 heavy (non-hydrogen) atoms. The van der Waals surface area contributed by atoms with Crippen molar-refractivity contribution in [2.75, 3.05) is 13.2 Å². The van der Waals surface area contributed by atoms with E-state index in [4.69, 9.17) is 14.7 Å². The monoisotopic (exact) mass is 612 g/mol. The maximum Gasteiger partial charge on any atom is 0.335 e. The van der Waals surface area contributed by atoms with Crippen molar-refractivity contribution in [2.24, 2.45) is 5.41 Å². The second kappa shape index (κ2) is 11.7. The van der Waals surface area contributed by atoms with Gasteiger partial charge in [-0.1, -0.05) is 26.0 Å². The first-order valence-electron chi connectivity index (χ1n) is 14.1. The number of carboxylic acid groups (broad SMARTS) is 1. The van der Waals surface area contributed by atoms with Crippen molar-refractivity contribution in [3.05, 3.63) is 112 Å². The Bertz CT molecular complexity index is 1980. The molecule has 1 unspecified atom stereocenters. The summed E-state index contributed by atoms with van der Waals surface area (Å²) < 4.78 is 58.8. The number of benzene rings is 3. The Kier molecular flexibility index (Phi) is 7.76. The minimum atomic E-state index is -1.09. The number of hydrogen-bond acceptors (Lipinski definition) is 6. The molecule has 6 rings (SSSR count). The lowest BCUT2D eigenvalue weighted by atomic mass is 9.87. The second-order valence-corrected chi connectivity index (χ2v) is 11.6. The molecule has 0 bridgehead atoms. The maximum atomic E-state index is 15.6. The highest BCUT2D eigenvalue weighted by Crippen LogP contribution is 2.40. The first kappa shape index (κ1) is 29.8. The van der Waals surface area contributed by atoms with Crippen LogP contribution in [0.25, 0.3) is 22.3 Å². The normalized spacial score (nSPS) is 15.7. The zero-order valence-electron chi connectivity index (χ0n) is 24.4. The van der Waals surface area contributed by atoms with Gasteiger partial charge in [-0.05, 0) is 48.5 Å². The average Bonchev–Trinajstić information content (AvgIpc) is 3.55. The Labute approximate surface area is 256 Å². The van der Waals surface area contributed by atoms with Crippen LogP contribution in [-0.4, -0.2) is 38.8 Å². The molecule has 1 atom stereocenters. The van der Waals surface area contributed by atoms with Crippen LogP contribution in [0.3, 0.4) is 0 Å². The molecular formula is C34H27F3N4O4. The van der Waals surface area contributed by atoms with Gasteiger partial charge in [-0.15, -0.1) is 0 Å². The molecule has 8 nitrogen and oxygen atoms in total. The van der Waals surface area contributed by atoms with Crippen LogP contribution in [-0.2, 0) is 17.8 Å². The number of halogens is 3. The van der Waals surface area contributed by atoms with Crippen LogP contribution in [0.2, 0.25) is 0 Å². The number of hydrogen-bond donors (Lipinski definition) is 1. The predicted octanol–water partition coefficient (Wildman–Crippen LogP) is 6.85. The molecule has 1 N–H and O–H groups in total. The fourth-order valence-electron chi connectivity index (χ4n) is 5.55. The summed E-state index contributed by atoms with van der Waals surface area (Å²) in [7, 11) is 0. The van der Waals surface area contributed by atoms with Crippen LogP contribution in [0.4, 0.5) is 13.2 Å². The third kappa shape index (κ3) is 5.84.